The van der Waals surface area contributed by atoms with Gasteiger partial charge in [-0.2, -0.15) is 0 Å². The summed E-state index contributed by atoms with van der Waals surface area (Å²) >= 11 is 5.78. The van der Waals surface area contributed by atoms with Crippen molar-refractivity contribution < 1.29 is 18.7 Å². The predicted octanol–water partition coefficient (Wildman–Crippen LogP) is 3.15. The SMILES string of the molecule is O=C(COC(=O)C1CCCC1)Nc1ccc(F)cc1Cl. The maximum atomic E-state index is 12.8. The van der Waals surface area contributed by atoms with E-state index in [4.69, 9.17) is 16.3 Å². The first-order valence-corrected chi connectivity index (χ1v) is 6.85. The minimum Gasteiger partial charge on any atom is -0.455 e. The summed E-state index contributed by atoms with van der Waals surface area (Å²) in [6.07, 6.45) is 3.70. The molecule has 0 aromatic heterocycles. The second-order valence-electron chi connectivity index (χ2n) is 4.76. The number of esters is 1. The number of nitrogens with one attached hydrogen (secondary N) is 1. The molecule has 0 bridgehead atoms. The number of halogens is 2. The Morgan fingerprint density at radius 2 is 2.05 bits per heavy atom. The van der Waals surface area contributed by atoms with Crippen LogP contribution in [-0.2, 0) is 14.3 Å². The average Bonchev–Trinajstić information content (AvgIpc) is 2.93. The molecule has 1 amide bonds. The van der Waals surface area contributed by atoms with Crippen molar-refractivity contribution >= 4 is 29.2 Å². The molecule has 4 nitrogen and oxygen atoms in total. The van der Waals surface area contributed by atoms with Gasteiger partial charge >= 0.3 is 5.97 Å². The van der Waals surface area contributed by atoms with Crippen molar-refractivity contribution in [2.75, 3.05) is 11.9 Å². The molecule has 0 unspecified atom stereocenters. The largest absolute Gasteiger partial charge is 0.455 e. The van der Waals surface area contributed by atoms with Crippen molar-refractivity contribution in [3.05, 3.63) is 29.0 Å². The second-order valence-corrected chi connectivity index (χ2v) is 5.17. The van der Waals surface area contributed by atoms with Crippen molar-refractivity contribution in [3.63, 3.8) is 0 Å². The van der Waals surface area contributed by atoms with E-state index in [1.807, 2.05) is 0 Å². The van der Waals surface area contributed by atoms with E-state index in [1.165, 1.54) is 12.1 Å². The molecular weight excluding hydrogens is 285 g/mol. The lowest BCUT2D eigenvalue weighted by molar-refractivity contribution is -0.151. The Hall–Kier alpha value is -1.62. The van der Waals surface area contributed by atoms with Crippen LogP contribution in [0.25, 0.3) is 0 Å². The Kier molecular flexibility index (Phi) is 4.95. The number of carbonyl (C=O) groups excluding carboxylic acids is 2. The Morgan fingerprint density at radius 1 is 1.35 bits per heavy atom. The number of amides is 1. The van der Waals surface area contributed by atoms with Gasteiger partial charge < -0.3 is 10.1 Å². The summed E-state index contributed by atoms with van der Waals surface area (Å²) in [4.78, 5) is 23.3. The molecule has 0 radical (unpaired) electrons. The van der Waals surface area contributed by atoms with Crippen LogP contribution in [-0.4, -0.2) is 18.5 Å². The Bertz CT molecular complexity index is 515. The molecule has 1 N–H and O–H groups in total. The van der Waals surface area contributed by atoms with Gasteiger partial charge in [0.05, 0.1) is 16.6 Å². The van der Waals surface area contributed by atoms with Gasteiger partial charge in [0.15, 0.2) is 6.61 Å². The molecule has 0 spiro atoms. The number of hydrogen-bond acceptors (Lipinski definition) is 3. The maximum Gasteiger partial charge on any atom is 0.309 e. The van der Waals surface area contributed by atoms with Crippen molar-refractivity contribution in [2.24, 2.45) is 5.92 Å². The lowest BCUT2D eigenvalue weighted by atomic mass is 10.1. The van der Waals surface area contributed by atoms with Gasteiger partial charge in [-0.25, -0.2) is 4.39 Å². The molecule has 1 aliphatic carbocycles. The van der Waals surface area contributed by atoms with E-state index >= 15 is 0 Å². The zero-order valence-corrected chi connectivity index (χ0v) is 11.6. The second kappa shape index (κ2) is 6.70. The lowest BCUT2D eigenvalue weighted by Crippen LogP contribution is -2.23. The highest BCUT2D eigenvalue weighted by Crippen LogP contribution is 2.26. The molecule has 0 aliphatic heterocycles. The number of anilines is 1. The van der Waals surface area contributed by atoms with Gasteiger partial charge in [-0.1, -0.05) is 24.4 Å². The van der Waals surface area contributed by atoms with Crippen LogP contribution in [0, 0.1) is 11.7 Å². The molecule has 1 fully saturated rings. The average molecular weight is 300 g/mol. The van der Waals surface area contributed by atoms with Crippen LogP contribution in [0.15, 0.2) is 18.2 Å². The molecule has 1 aliphatic rings. The molecule has 1 aromatic carbocycles. The first-order valence-electron chi connectivity index (χ1n) is 6.48. The minimum absolute atomic E-state index is 0.0859. The van der Waals surface area contributed by atoms with E-state index < -0.39 is 11.7 Å². The van der Waals surface area contributed by atoms with Gasteiger partial charge in [0.1, 0.15) is 5.82 Å². The highest BCUT2D eigenvalue weighted by atomic mass is 35.5. The fourth-order valence-electron chi connectivity index (χ4n) is 2.19. The Morgan fingerprint density at radius 3 is 2.70 bits per heavy atom. The van der Waals surface area contributed by atoms with Crippen LogP contribution in [0.1, 0.15) is 25.7 Å². The summed E-state index contributed by atoms with van der Waals surface area (Å²) in [7, 11) is 0. The fourth-order valence-corrected chi connectivity index (χ4v) is 2.41. The minimum atomic E-state index is -0.496. The quantitative estimate of drug-likeness (QED) is 0.869. The highest BCUT2D eigenvalue weighted by Gasteiger charge is 2.24. The van der Waals surface area contributed by atoms with Gasteiger partial charge in [-0.05, 0) is 31.0 Å². The molecule has 2 rings (SSSR count). The van der Waals surface area contributed by atoms with Crippen molar-refractivity contribution in [3.8, 4) is 0 Å². The molecule has 20 heavy (non-hydrogen) atoms. The lowest BCUT2D eigenvalue weighted by Gasteiger charge is -2.10. The third-order valence-corrected chi connectivity index (χ3v) is 3.55. The van der Waals surface area contributed by atoms with Gasteiger partial charge in [0.2, 0.25) is 0 Å². The van der Waals surface area contributed by atoms with E-state index in [9.17, 15) is 14.0 Å². The number of ether oxygens (including phenoxy) is 1. The molecule has 0 saturated heterocycles. The summed E-state index contributed by atoms with van der Waals surface area (Å²) in [5.41, 5.74) is 0.287. The molecule has 0 heterocycles. The summed E-state index contributed by atoms with van der Waals surface area (Å²) in [5.74, 6) is -1.40. The standard InChI is InChI=1S/C14H15ClFNO3/c15-11-7-10(16)5-6-12(11)17-13(18)8-20-14(19)9-3-1-2-4-9/h5-7,9H,1-4,8H2,(H,17,18). The zero-order chi connectivity index (χ0) is 14.5. The van der Waals surface area contributed by atoms with Crippen LogP contribution >= 0.6 is 11.6 Å². The summed E-state index contributed by atoms with van der Waals surface area (Å²) in [6.45, 7) is -0.358. The first-order chi connectivity index (χ1) is 9.56. The third kappa shape index (κ3) is 3.93. The normalized spacial score (nSPS) is 15.1. The van der Waals surface area contributed by atoms with E-state index in [-0.39, 0.29) is 29.2 Å². The van der Waals surface area contributed by atoms with E-state index in [0.717, 1.165) is 31.7 Å². The van der Waals surface area contributed by atoms with Crippen LogP contribution < -0.4 is 5.32 Å². The summed E-state index contributed by atoms with van der Waals surface area (Å²) in [5, 5.41) is 2.57. The van der Waals surface area contributed by atoms with Crippen molar-refractivity contribution in [1.82, 2.24) is 0 Å². The van der Waals surface area contributed by atoms with Crippen LogP contribution in [0.5, 0.6) is 0 Å². The number of carbonyl (C=O) groups is 2. The van der Waals surface area contributed by atoms with E-state index in [0.29, 0.717) is 0 Å². The Balaban J connectivity index is 1.81. The van der Waals surface area contributed by atoms with Crippen LogP contribution in [0.4, 0.5) is 10.1 Å². The molecule has 0 atom stereocenters. The molecular formula is C14H15ClFNO3. The molecule has 1 aromatic rings. The van der Waals surface area contributed by atoms with E-state index in [2.05, 4.69) is 5.32 Å². The number of rotatable bonds is 4. The zero-order valence-electron chi connectivity index (χ0n) is 10.8. The molecule has 108 valence electrons. The monoisotopic (exact) mass is 299 g/mol. The van der Waals surface area contributed by atoms with E-state index in [1.54, 1.807) is 0 Å². The predicted molar refractivity (Wildman–Crippen MR) is 73.0 cm³/mol. The van der Waals surface area contributed by atoms with Gasteiger partial charge in [-0.3, -0.25) is 9.59 Å². The first kappa shape index (κ1) is 14.8. The molecule has 1 saturated carbocycles. The third-order valence-electron chi connectivity index (χ3n) is 3.24. The van der Waals surface area contributed by atoms with Gasteiger partial charge in [-0.15, -0.1) is 0 Å². The van der Waals surface area contributed by atoms with Gasteiger partial charge in [0, 0.05) is 0 Å². The number of hydrogen-bond donors (Lipinski definition) is 1. The van der Waals surface area contributed by atoms with Crippen LogP contribution in [0.3, 0.4) is 0 Å². The van der Waals surface area contributed by atoms with Crippen molar-refractivity contribution in [1.29, 1.82) is 0 Å². The van der Waals surface area contributed by atoms with Crippen LogP contribution in [0.2, 0.25) is 5.02 Å². The highest BCUT2D eigenvalue weighted by molar-refractivity contribution is 6.33. The molecule has 6 heteroatoms. The number of benzene rings is 1. The smallest absolute Gasteiger partial charge is 0.309 e. The summed E-state index contributed by atoms with van der Waals surface area (Å²) in [6, 6.07) is 3.64. The fraction of sp³-hybridized carbons (Fsp3) is 0.429. The van der Waals surface area contributed by atoms with Gasteiger partial charge in [0.25, 0.3) is 5.91 Å². The maximum absolute atomic E-state index is 12.8. The summed E-state index contributed by atoms with van der Waals surface area (Å²) < 4.78 is 17.8. The Labute approximate surface area is 121 Å². The van der Waals surface area contributed by atoms with Crippen molar-refractivity contribution in [2.45, 2.75) is 25.7 Å². The topological polar surface area (TPSA) is 55.4 Å².